The topological polar surface area (TPSA) is 121 Å². The summed E-state index contributed by atoms with van der Waals surface area (Å²) in [5.41, 5.74) is 0.290. The number of ether oxygens (including phenoxy) is 2. The zero-order chi connectivity index (χ0) is 18.9. The van der Waals surface area contributed by atoms with Gasteiger partial charge >= 0.3 is 12.1 Å². The number of nitrogens with one attached hydrogen (secondary N) is 1. The van der Waals surface area contributed by atoms with Gasteiger partial charge in [0, 0.05) is 4.90 Å². The van der Waals surface area contributed by atoms with Crippen LogP contribution in [0.15, 0.2) is 33.7 Å². The number of hydrogen-bond acceptors (Lipinski definition) is 9. The second-order valence-electron chi connectivity index (χ2n) is 4.86. The molecular formula is C16H17N3O6S. The molecule has 0 aliphatic rings. The Morgan fingerprint density at radius 2 is 2.00 bits per heavy atom. The maximum absolute atomic E-state index is 12.2. The number of amides is 2. The number of aryl methyl sites for hydroxylation is 1. The molecule has 1 heterocycles. The Balaban J connectivity index is 1.92. The van der Waals surface area contributed by atoms with Gasteiger partial charge in [-0.3, -0.25) is 10.1 Å². The summed E-state index contributed by atoms with van der Waals surface area (Å²) < 4.78 is 14.5. The lowest BCUT2D eigenvalue weighted by Crippen LogP contribution is -2.34. The van der Waals surface area contributed by atoms with Crippen molar-refractivity contribution >= 4 is 29.7 Å². The van der Waals surface area contributed by atoms with E-state index in [0.717, 1.165) is 0 Å². The molecule has 26 heavy (non-hydrogen) atoms. The van der Waals surface area contributed by atoms with Crippen molar-refractivity contribution in [3.63, 3.8) is 0 Å². The van der Waals surface area contributed by atoms with Crippen molar-refractivity contribution in [2.45, 2.75) is 24.5 Å². The van der Waals surface area contributed by atoms with Crippen LogP contribution in [0.5, 0.6) is 0 Å². The highest BCUT2D eigenvalue weighted by atomic mass is 32.2. The number of thioether (sulfide) groups is 1. The fourth-order valence-corrected chi connectivity index (χ4v) is 2.70. The van der Waals surface area contributed by atoms with E-state index >= 15 is 0 Å². The average molecular weight is 379 g/mol. The summed E-state index contributed by atoms with van der Waals surface area (Å²) in [5.74, 6) is -0.114. The van der Waals surface area contributed by atoms with E-state index < -0.39 is 24.6 Å². The molecule has 0 saturated carbocycles. The molecule has 0 unspecified atom stereocenters. The Hall–Kier alpha value is -2.88. The van der Waals surface area contributed by atoms with Crippen LogP contribution in [0.2, 0.25) is 0 Å². The number of alkyl carbamates (subject to hydrolysis) is 1. The molecule has 0 aliphatic carbocycles. The van der Waals surface area contributed by atoms with E-state index in [9.17, 15) is 14.4 Å². The molecule has 0 atom stereocenters. The van der Waals surface area contributed by atoms with Crippen LogP contribution in [0.25, 0.3) is 0 Å². The van der Waals surface area contributed by atoms with E-state index in [2.05, 4.69) is 14.9 Å². The Morgan fingerprint density at radius 1 is 1.23 bits per heavy atom. The number of carbonyl (C=O) groups is 3. The Labute approximate surface area is 153 Å². The molecule has 2 amide bonds. The fraction of sp³-hybridized carbons (Fsp3) is 0.312. The van der Waals surface area contributed by atoms with Gasteiger partial charge in [-0.15, -0.1) is 11.8 Å². The van der Waals surface area contributed by atoms with E-state index in [0.29, 0.717) is 22.4 Å². The van der Waals surface area contributed by atoms with Gasteiger partial charge in [0.2, 0.25) is 5.89 Å². The standard InChI is InChI=1S/C16H17N3O6S/c1-3-23-16(22)18-13(20)8-24-15(21)11-6-4-5-7-12(11)26-9-14-17-10(2)19-25-14/h4-7H,3,8-9H2,1-2H3,(H,18,20,22). The molecule has 2 rings (SSSR count). The number of aromatic nitrogens is 2. The first-order chi connectivity index (χ1) is 12.5. The normalized spacial score (nSPS) is 10.2. The third-order valence-electron chi connectivity index (χ3n) is 2.88. The SMILES string of the molecule is CCOC(=O)NC(=O)COC(=O)c1ccccc1SCc1nc(C)no1. The predicted molar refractivity (Wildman–Crippen MR) is 90.5 cm³/mol. The molecule has 1 aromatic carbocycles. The number of esters is 1. The minimum absolute atomic E-state index is 0.128. The van der Waals surface area contributed by atoms with Crippen LogP contribution in [0.4, 0.5) is 4.79 Å². The summed E-state index contributed by atoms with van der Waals surface area (Å²) in [6, 6.07) is 6.76. The molecule has 2 aromatic rings. The van der Waals surface area contributed by atoms with Crippen LogP contribution in [-0.4, -0.2) is 41.3 Å². The van der Waals surface area contributed by atoms with Crippen molar-refractivity contribution in [1.29, 1.82) is 0 Å². The summed E-state index contributed by atoms with van der Waals surface area (Å²) in [4.78, 5) is 39.6. The van der Waals surface area contributed by atoms with Gasteiger partial charge in [0.15, 0.2) is 12.4 Å². The third kappa shape index (κ3) is 5.88. The third-order valence-corrected chi connectivity index (χ3v) is 3.94. The lowest BCUT2D eigenvalue weighted by Gasteiger charge is -2.08. The maximum Gasteiger partial charge on any atom is 0.413 e. The summed E-state index contributed by atoms with van der Waals surface area (Å²) in [7, 11) is 0. The monoisotopic (exact) mass is 379 g/mol. The smallest absolute Gasteiger partial charge is 0.413 e. The first kappa shape index (κ1) is 19.4. The number of hydrogen-bond donors (Lipinski definition) is 1. The first-order valence-corrected chi connectivity index (χ1v) is 8.63. The molecule has 0 saturated heterocycles. The molecule has 1 N–H and O–H groups in total. The largest absolute Gasteiger partial charge is 0.452 e. The van der Waals surface area contributed by atoms with Gasteiger partial charge in [0.1, 0.15) is 0 Å². The van der Waals surface area contributed by atoms with Crippen LogP contribution in [0, 0.1) is 6.92 Å². The molecule has 0 spiro atoms. The zero-order valence-electron chi connectivity index (χ0n) is 14.2. The van der Waals surface area contributed by atoms with Crippen molar-refractivity contribution in [1.82, 2.24) is 15.5 Å². The lowest BCUT2D eigenvalue weighted by atomic mass is 10.2. The van der Waals surface area contributed by atoms with Crippen molar-refractivity contribution in [2.24, 2.45) is 0 Å². The second kappa shape index (κ2) is 9.56. The minimum Gasteiger partial charge on any atom is -0.452 e. The molecular weight excluding hydrogens is 362 g/mol. The zero-order valence-corrected chi connectivity index (χ0v) is 15.0. The predicted octanol–water partition coefficient (Wildman–Crippen LogP) is 2.10. The summed E-state index contributed by atoms with van der Waals surface area (Å²) >= 11 is 1.32. The number of nitrogens with zero attached hydrogens (tertiary/aromatic N) is 2. The first-order valence-electron chi connectivity index (χ1n) is 7.64. The Morgan fingerprint density at radius 3 is 2.69 bits per heavy atom. The molecule has 1 aromatic heterocycles. The highest BCUT2D eigenvalue weighted by Gasteiger charge is 2.16. The van der Waals surface area contributed by atoms with Gasteiger partial charge in [-0.2, -0.15) is 4.98 Å². The summed E-state index contributed by atoms with van der Waals surface area (Å²) in [5, 5.41) is 5.64. The van der Waals surface area contributed by atoms with Crippen LogP contribution in [0.3, 0.4) is 0 Å². The van der Waals surface area contributed by atoms with Crippen molar-refractivity contribution < 1.29 is 28.4 Å². The van der Waals surface area contributed by atoms with E-state index in [1.165, 1.54) is 11.8 Å². The highest BCUT2D eigenvalue weighted by molar-refractivity contribution is 7.98. The number of rotatable bonds is 7. The minimum atomic E-state index is -0.889. The van der Waals surface area contributed by atoms with Crippen LogP contribution >= 0.6 is 11.8 Å². The van der Waals surface area contributed by atoms with Crippen LogP contribution in [-0.2, 0) is 20.0 Å². The van der Waals surface area contributed by atoms with Crippen molar-refractivity contribution in [2.75, 3.05) is 13.2 Å². The van der Waals surface area contributed by atoms with E-state index in [-0.39, 0.29) is 12.2 Å². The number of imide groups is 1. The van der Waals surface area contributed by atoms with E-state index in [1.807, 2.05) is 5.32 Å². The van der Waals surface area contributed by atoms with Gasteiger partial charge in [0.05, 0.1) is 17.9 Å². The van der Waals surface area contributed by atoms with Crippen molar-refractivity contribution in [3.05, 3.63) is 41.5 Å². The van der Waals surface area contributed by atoms with E-state index in [4.69, 9.17) is 9.26 Å². The van der Waals surface area contributed by atoms with Crippen molar-refractivity contribution in [3.8, 4) is 0 Å². The van der Waals surface area contributed by atoms with Gasteiger partial charge in [-0.05, 0) is 26.0 Å². The molecule has 138 valence electrons. The Kier molecular flexibility index (Phi) is 7.15. The molecule has 9 nitrogen and oxygen atoms in total. The summed E-state index contributed by atoms with van der Waals surface area (Å²) in [6.45, 7) is 2.85. The van der Waals surface area contributed by atoms with Gasteiger partial charge in [0.25, 0.3) is 5.91 Å². The second-order valence-corrected chi connectivity index (χ2v) is 5.88. The molecule has 0 aliphatic heterocycles. The number of carbonyl (C=O) groups excluding carboxylic acids is 3. The van der Waals surface area contributed by atoms with Crippen LogP contribution < -0.4 is 5.32 Å². The Bertz CT molecular complexity index is 792. The fourth-order valence-electron chi connectivity index (χ4n) is 1.83. The molecule has 0 radical (unpaired) electrons. The summed E-state index contributed by atoms with van der Waals surface area (Å²) in [6.07, 6.45) is -0.889. The molecule has 0 bridgehead atoms. The number of benzene rings is 1. The molecule has 10 heteroatoms. The lowest BCUT2D eigenvalue weighted by molar-refractivity contribution is -0.123. The van der Waals surface area contributed by atoms with Gasteiger partial charge in [-0.25, -0.2) is 9.59 Å². The molecule has 0 fully saturated rings. The quantitative estimate of drug-likeness (QED) is 0.569. The van der Waals surface area contributed by atoms with E-state index in [1.54, 1.807) is 38.1 Å². The maximum atomic E-state index is 12.2. The average Bonchev–Trinajstić information content (AvgIpc) is 3.03. The van der Waals surface area contributed by atoms with Gasteiger partial charge < -0.3 is 14.0 Å². The van der Waals surface area contributed by atoms with Gasteiger partial charge in [-0.1, -0.05) is 17.3 Å². The highest BCUT2D eigenvalue weighted by Crippen LogP contribution is 2.26. The van der Waals surface area contributed by atoms with Crippen LogP contribution in [0.1, 0.15) is 29.0 Å².